The zero-order valence-corrected chi connectivity index (χ0v) is 10.3. The first-order valence-electron chi connectivity index (χ1n) is 5.08. The van der Waals surface area contributed by atoms with Gasteiger partial charge in [-0.15, -0.1) is 12.4 Å². The van der Waals surface area contributed by atoms with E-state index in [2.05, 4.69) is 15.5 Å². The van der Waals surface area contributed by atoms with Crippen LogP contribution in [-0.2, 0) is 20.1 Å². The largest absolute Gasteiger partial charge is 0.378 e. The van der Waals surface area contributed by atoms with E-state index in [0.29, 0.717) is 13.1 Å². The summed E-state index contributed by atoms with van der Waals surface area (Å²) < 4.78 is 15.4. The number of hydrogen-bond acceptors (Lipinski definition) is 3. The second-order valence-electron chi connectivity index (χ2n) is 3.56. The van der Waals surface area contributed by atoms with Crippen molar-refractivity contribution in [3.8, 4) is 0 Å². The van der Waals surface area contributed by atoms with Crippen LogP contribution in [0.1, 0.15) is 5.56 Å². The van der Waals surface area contributed by atoms with Crippen molar-refractivity contribution in [2.45, 2.75) is 13.1 Å². The van der Waals surface area contributed by atoms with Gasteiger partial charge in [-0.3, -0.25) is 9.36 Å². The predicted octanol–water partition coefficient (Wildman–Crippen LogP) is 1.62. The van der Waals surface area contributed by atoms with Crippen molar-refractivity contribution in [1.29, 1.82) is 0 Å². The number of aromatic nitrogens is 4. The Morgan fingerprint density at radius 1 is 1.29 bits per heavy atom. The van der Waals surface area contributed by atoms with Crippen LogP contribution in [0, 0.1) is 0 Å². The predicted molar refractivity (Wildman–Crippen MR) is 66.0 cm³/mol. The van der Waals surface area contributed by atoms with Crippen molar-refractivity contribution < 1.29 is 4.39 Å². The topological polar surface area (TPSA) is 47.7 Å². The Balaban J connectivity index is 0.00000144. The van der Waals surface area contributed by atoms with Gasteiger partial charge in [-0.1, -0.05) is 0 Å². The molecule has 0 aromatic carbocycles. The van der Waals surface area contributed by atoms with Gasteiger partial charge in [-0.05, 0) is 0 Å². The second-order valence-corrected chi connectivity index (χ2v) is 3.56. The first kappa shape index (κ1) is 13.5. The van der Waals surface area contributed by atoms with Crippen molar-refractivity contribution in [3.63, 3.8) is 0 Å². The van der Waals surface area contributed by atoms with Crippen LogP contribution in [0.15, 0.2) is 24.8 Å². The smallest absolute Gasteiger partial charge is 0.109 e. The Labute approximate surface area is 105 Å². The van der Waals surface area contributed by atoms with Crippen molar-refractivity contribution >= 4 is 18.1 Å². The third-order valence-electron chi connectivity index (χ3n) is 2.20. The maximum absolute atomic E-state index is 12.0. The molecule has 2 heterocycles. The molecule has 0 fully saturated rings. The molecular weight excluding hydrogens is 245 g/mol. The fourth-order valence-corrected chi connectivity index (χ4v) is 1.43. The Hall–Kier alpha value is -1.56. The summed E-state index contributed by atoms with van der Waals surface area (Å²) in [4.78, 5) is 0. The number of nitrogens with one attached hydrogen (secondary N) is 1. The minimum atomic E-state index is -0.399. The fourth-order valence-electron chi connectivity index (χ4n) is 1.43. The minimum Gasteiger partial charge on any atom is -0.378 e. The number of nitrogens with zero attached hydrogens (tertiary/aromatic N) is 4. The van der Waals surface area contributed by atoms with Crippen LogP contribution >= 0.6 is 12.4 Å². The first-order chi connectivity index (χ1) is 7.78. The molecule has 0 amide bonds. The van der Waals surface area contributed by atoms with E-state index in [4.69, 9.17) is 0 Å². The van der Waals surface area contributed by atoms with Crippen molar-refractivity contribution in [2.75, 3.05) is 12.0 Å². The second kappa shape index (κ2) is 6.24. The molecule has 0 aliphatic rings. The van der Waals surface area contributed by atoms with Gasteiger partial charge >= 0.3 is 0 Å². The molecule has 0 saturated heterocycles. The molecule has 17 heavy (non-hydrogen) atoms. The molecule has 0 atom stereocenters. The molecule has 94 valence electrons. The van der Waals surface area contributed by atoms with Crippen LogP contribution in [0.5, 0.6) is 0 Å². The fraction of sp³-hybridized carbons (Fsp3) is 0.400. The highest BCUT2D eigenvalue weighted by atomic mass is 35.5. The maximum Gasteiger partial charge on any atom is 0.109 e. The molecule has 1 N–H and O–H groups in total. The summed E-state index contributed by atoms with van der Waals surface area (Å²) in [5, 5.41) is 11.3. The van der Waals surface area contributed by atoms with Crippen molar-refractivity contribution in [2.24, 2.45) is 7.05 Å². The van der Waals surface area contributed by atoms with Crippen LogP contribution < -0.4 is 5.32 Å². The summed E-state index contributed by atoms with van der Waals surface area (Å²) in [6, 6.07) is 0. The Morgan fingerprint density at radius 3 is 2.76 bits per heavy atom. The lowest BCUT2D eigenvalue weighted by atomic mass is 10.3. The highest BCUT2D eigenvalue weighted by Gasteiger charge is 1.99. The number of halogens is 2. The molecule has 0 bridgehead atoms. The summed E-state index contributed by atoms with van der Waals surface area (Å²) in [5.74, 6) is 0. The van der Waals surface area contributed by atoms with Crippen LogP contribution in [0.3, 0.4) is 0 Å². The summed E-state index contributed by atoms with van der Waals surface area (Å²) in [6.45, 7) is 0.591. The molecule has 0 spiro atoms. The van der Waals surface area contributed by atoms with Crippen molar-refractivity contribution in [1.82, 2.24) is 19.6 Å². The molecule has 2 rings (SSSR count). The van der Waals surface area contributed by atoms with E-state index < -0.39 is 6.67 Å². The zero-order chi connectivity index (χ0) is 11.4. The van der Waals surface area contributed by atoms with E-state index in [0.717, 1.165) is 11.3 Å². The number of rotatable bonds is 5. The SMILES string of the molecule is Cl.Cn1cc(CNc2cnn(CCF)c2)cn1. The molecule has 0 saturated carbocycles. The van der Waals surface area contributed by atoms with Crippen LogP contribution in [0.25, 0.3) is 0 Å². The highest BCUT2D eigenvalue weighted by molar-refractivity contribution is 5.85. The van der Waals surface area contributed by atoms with Gasteiger partial charge in [-0.2, -0.15) is 10.2 Å². The number of anilines is 1. The van der Waals surface area contributed by atoms with E-state index in [-0.39, 0.29) is 12.4 Å². The monoisotopic (exact) mass is 259 g/mol. The van der Waals surface area contributed by atoms with Crippen LogP contribution in [-0.4, -0.2) is 26.2 Å². The standard InChI is InChI=1S/C10H14FN5.ClH/c1-15-7-9(5-13-15)4-12-10-6-14-16(8-10)3-2-11;/h5-8,12H,2-4H2,1H3;1H. The van der Waals surface area contributed by atoms with Gasteiger partial charge in [-0.25, -0.2) is 4.39 Å². The van der Waals surface area contributed by atoms with Crippen LogP contribution in [0.2, 0.25) is 0 Å². The van der Waals surface area contributed by atoms with Gasteiger partial charge in [0.25, 0.3) is 0 Å². The molecule has 0 radical (unpaired) electrons. The molecule has 0 aliphatic carbocycles. The normalized spacial score (nSPS) is 10.0. The van der Waals surface area contributed by atoms with Gasteiger partial charge in [0, 0.05) is 31.5 Å². The molecule has 2 aromatic rings. The number of aryl methyl sites for hydroxylation is 2. The van der Waals surface area contributed by atoms with Gasteiger partial charge < -0.3 is 5.32 Å². The lowest BCUT2D eigenvalue weighted by molar-refractivity contribution is 0.427. The maximum atomic E-state index is 12.0. The lowest BCUT2D eigenvalue weighted by Crippen LogP contribution is -2.00. The first-order valence-corrected chi connectivity index (χ1v) is 5.08. The molecule has 0 aliphatic heterocycles. The average molecular weight is 260 g/mol. The molecule has 2 aromatic heterocycles. The molecular formula is C10H15ClFN5. The zero-order valence-electron chi connectivity index (χ0n) is 9.51. The van der Waals surface area contributed by atoms with Gasteiger partial charge in [0.2, 0.25) is 0 Å². The highest BCUT2D eigenvalue weighted by Crippen LogP contribution is 2.07. The van der Waals surface area contributed by atoms with E-state index in [1.54, 1.807) is 28.0 Å². The van der Waals surface area contributed by atoms with Gasteiger partial charge in [0.05, 0.1) is 24.6 Å². The Bertz CT molecular complexity index is 453. The summed E-state index contributed by atoms with van der Waals surface area (Å²) in [7, 11) is 1.88. The van der Waals surface area contributed by atoms with Crippen LogP contribution in [0.4, 0.5) is 10.1 Å². The Kier molecular flexibility index (Phi) is 4.96. The third-order valence-corrected chi connectivity index (χ3v) is 2.20. The third kappa shape index (κ3) is 3.74. The quantitative estimate of drug-likeness (QED) is 0.888. The number of hydrogen-bond donors (Lipinski definition) is 1. The molecule has 5 nitrogen and oxygen atoms in total. The molecule has 7 heteroatoms. The summed E-state index contributed by atoms with van der Waals surface area (Å²) in [6.07, 6.45) is 7.22. The molecule has 0 unspecified atom stereocenters. The Morgan fingerprint density at radius 2 is 2.12 bits per heavy atom. The van der Waals surface area contributed by atoms with E-state index >= 15 is 0 Å². The minimum absolute atomic E-state index is 0. The van der Waals surface area contributed by atoms with E-state index in [1.165, 1.54) is 0 Å². The van der Waals surface area contributed by atoms with Crippen molar-refractivity contribution in [3.05, 3.63) is 30.4 Å². The van der Waals surface area contributed by atoms with Gasteiger partial charge in [0.1, 0.15) is 6.67 Å². The number of alkyl halides is 1. The summed E-state index contributed by atoms with van der Waals surface area (Å²) >= 11 is 0. The van der Waals surface area contributed by atoms with E-state index in [1.807, 2.05) is 13.2 Å². The average Bonchev–Trinajstić information content (AvgIpc) is 2.85. The van der Waals surface area contributed by atoms with Gasteiger partial charge in [0.15, 0.2) is 0 Å². The summed E-state index contributed by atoms with van der Waals surface area (Å²) in [5.41, 5.74) is 1.98. The lowest BCUT2D eigenvalue weighted by Gasteiger charge is -1.99. The van der Waals surface area contributed by atoms with E-state index in [9.17, 15) is 4.39 Å².